The average molecular weight is 118 g/mol. The van der Waals surface area contributed by atoms with Crippen LogP contribution in [0.4, 0.5) is 0 Å². The van der Waals surface area contributed by atoms with Crippen LogP contribution in [0.3, 0.4) is 0 Å². The molecule has 1 heterocycles. The third-order valence-electron chi connectivity index (χ3n) is 0.957. The normalized spacial score (nSPS) is 37.5. The molecule has 4 nitrogen and oxygen atoms in total. The minimum Gasteiger partial charge on any atom is -0.433 e. The first-order valence-electron chi connectivity index (χ1n) is 2.26. The minimum atomic E-state index is -1.30. The molecule has 0 aromatic heterocycles. The summed E-state index contributed by atoms with van der Waals surface area (Å²) in [6.45, 7) is 0. The topological polar surface area (TPSA) is 66.8 Å². The Hall–Kier alpha value is -0.610. The molecule has 0 amide bonds. The van der Waals surface area contributed by atoms with E-state index in [2.05, 4.69) is 4.74 Å². The molecule has 1 aliphatic heterocycles. The van der Waals surface area contributed by atoms with Crippen molar-refractivity contribution in [1.82, 2.24) is 0 Å². The van der Waals surface area contributed by atoms with E-state index in [9.17, 15) is 4.79 Å². The Balaban J connectivity index is 2.51. The van der Waals surface area contributed by atoms with Gasteiger partial charge >= 0.3 is 5.97 Å². The first-order valence-corrected chi connectivity index (χ1v) is 2.26. The predicted octanol–water partition coefficient (Wildman–Crippen LogP) is -1.39. The molecule has 0 saturated carbocycles. The molecule has 1 saturated heterocycles. The van der Waals surface area contributed by atoms with Gasteiger partial charge in [-0.05, 0) is 0 Å². The number of ether oxygens (including phenoxy) is 1. The van der Waals surface area contributed by atoms with Crippen LogP contribution < -0.4 is 0 Å². The van der Waals surface area contributed by atoms with E-state index in [1.807, 2.05) is 0 Å². The number of aliphatic hydroxyl groups is 2. The molecule has 2 atom stereocenters. The van der Waals surface area contributed by atoms with Crippen molar-refractivity contribution in [2.75, 3.05) is 0 Å². The molecular formula is C4H6O4. The van der Waals surface area contributed by atoms with Crippen molar-refractivity contribution in [3.8, 4) is 0 Å². The van der Waals surface area contributed by atoms with Gasteiger partial charge in [-0.25, -0.2) is 0 Å². The highest BCUT2D eigenvalue weighted by Crippen LogP contribution is 2.10. The van der Waals surface area contributed by atoms with Gasteiger partial charge in [0.1, 0.15) is 6.10 Å². The van der Waals surface area contributed by atoms with Crippen molar-refractivity contribution < 1.29 is 19.7 Å². The monoisotopic (exact) mass is 118 g/mol. The molecule has 2 N–H and O–H groups in total. The van der Waals surface area contributed by atoms with E-state index in [1.54, 1.807) is 0 Å². The zero-order valence-corrected chi connectivity index (χ0v) is 4.07. The van der Waals surface area contributed by atoms with E-state index in [0.717, 1.165) is 0 Å². The number of carbonyl (C=O) groups excluding carboxylic acids is 1. The summed E-state index contributed by atoms with van der Waals surface area (Å²) >= 11 is 0. The minimum absolute atomic E-state index is 0.0961. The molecule has 0 aromatic rings. The molecule has 0 aliphatic carbocycles. The van der Waals surface area contributed by atoms with Gasteiger partial charge in [0.05, 0.1) is 6.42 Å². The molecule has 46 valence electrons. The standard InChI is InChI=1S/C4H6O4/c5-2-1-3(6)8-4(2)7/h2,4-5,7H,1H2. The van der Waals surface area contributed by atoms with Crippen LogP contribution in [0.1, 0.15) is 6.42 Å². The van der Waals surface area contributed by atoms with E-state index < -0.39 is 18.4 Å². The van der Waals surface area contributed by atoms with Gasteiger partial charge in [0.2, 0.25) is 6.29 Å². The van der Waals surface area contributed by atoms with Crippen molar-refractivity contribution in [3.63, 3.8) is 0 Å². The fourth-order valence-electron chi connectivity index (χ4n) is 0.533. The molecule has 0 bridgehead atoms. The molecule has 0 aromatic carbocycles. The van der Waals surface area contributed by atoms with E-state index in [4.69, 9.17) is 10.2 Å². The van der Waals surface area contributed by atoms with E-state index >= 15 is 0 Å². The van der Waals surface area contributed by atoms with Gasteiger partial charge in [0, 0.05) is 0 Å². The van der Waals surface area contributed by atoms with Crippen molar-refractivity contribution in [1.29, 1.82) is 0 Å². The summed E-state index contributed by atoms with van der Waals surface area (Å²) in [5.74, 6) is -0.551. The quantitative estimate of drug-likeness (QED) is 0.384. The van der Waals surface area contributed by atoms with E-state index in [-0.39, 0.29) is 6.42 Å². The molecule has 2 unspecified atom stereocenters. The number of aliphatic hydroxyl groups excluding tert-OH is 2. The van der Waals surface area contributed by atoms with Gasteiger partial charge < -0.3 is 14.9 Å². The summed E-state index contributed by atoms with van der Waals surface area (Å²) in [4.78, 5) is 10.1. The van der Waals surface area contributed by atoms with Gasteiger partial charge in [-0.1, -0.05) is 0 Å². The summed E-state index contributed by atoms with van der Waals surface area (Å²) in [5.41, 5.74) is 0. The smallest absolute Gasteiger partial charge is 0.311 e. The van der Waals surface area contributed by atoms with Crippen molar-refractivity contribution >= 4 is 5.97 Å². The second-order valence-electron chi connectivity index (χ2n) is 1.65. The molecule has 1 rings (SSSR count). The number of carbonyl (C=O) groups is 1. The van der Waals surface area contributed by atoms with Crippen LogP contribution in [0.5, 0.6) is 0 Å². The van der Waals surface area contributed by atoms with E-state index in [1.165, 1.54) is 0 Å². The van der Waals surface area contributed by atoms with Crippen LogP contribution in [0.15, 0.2) is 0 Å². The Bertz CT molecular complexity index is 98.6. The Labute approximate surface area is 45.7 Å². The summed E-state index contributed by atoms with van der Waals surface area (Å²) < 4.78 is 4.14. The summed E-state index contributed by atoms with van der Waals surface area (Å²) in [6.07, 6.45) is -2.42. The first kappa shape index (κ1) is 5.53. The number of cyclic esters (lactones) is 1. The second kappa shape index (κ2) is 1.72. The Morgan fingerprint density at radius 1 is 1.62 bits per heavy atom. The lowest BCUT2D eigenvalue weighted by molar-refractivity contribution is -0.159. The molecule has 0 spiro atoms. The third kappa shape index (κ3) is 0.801. The zero-order valence-electron chi connectivity index (χ0n) is 4.07. The zero-order chi connectivity index (χ0) is 6.15. The molecule has 0 radical (unpaired) electrons. The van der Waals surface area contributed by atoms with E-state index in [0.29, 0.717) is 0 Å². The molecule has 4 heteroatoms. The van der Waals surface area contributed by atoms with Crippen LogP contribution in [-0.2, 0) is 9.53 Å². The maximum Gasteiger partial charge on any atom is 0.311 e. The molecule has 1 aliphatic rings. The summed E-state index contributed by atoms with van der Waals surface area (Å²) in [5, 5.41) is 17.0. The Morgan fingerprint density at radius 3 is 2.38 bits per heavy atom. The SMILES string of the molecule is O=C1CC(O)C(O)O1. The lowest BCUT2D eigenvalue weighted by atomic mass is 10.3. The van der Waals surface area contributed by atoms with Crippen molar-refractivity contribution in [3.05, 3.63) is 0 Å². The maximum atomic E-state index is 10.1. The summed E-state index contributed by atoms with van der Waals surface area (Å²) in [7, 11) is 0. The van der Waals surface area contributed by atoms with Gasteiger partial charge in [-0.3, -0.25) is 4.79 Å². The predicted molar refractivity (Wildman–Crippen MR) is 22.7 cm³/mol. The molecule has 8 heavy (non-hydrogen) atoms. The lowest BCUT2D eigenvalue weighted by Crippen LogP contribution is -2.18. The van der Waals surface area contributed by atoms with Crippen LogP contribution in [0, 0.1) is 0 Å². The fourth-order valence-corrected chi connectivity index (χ4v) is 0.533. The van der Waals surface area contributed by atoms with Crippen LogP contribution >= 0.6 is 0 Å². The van der Waals surface area contributed by atoms with Crippen LogP contribution in [0.2, 0.25) is 0 Å². The highest BCUT2D eigenvalue weighted by molar-refractivity contribution is 5.72. The highest BCUT2D eigenvalue weighted by Gasteiger charge is 2.30. The number of hydrogen-bond donors (Lipinski definition) is 2. The van der Waals surface area contributed by atoms with Gasteiger partial charge in [-0.15, -0.1) is 0 Å². The van der Waals surface area contributed by atoms with Gasteiger partial charge in [-0.2, -0.15) is 0 Å². The number of esters is 1. The fraction of sp³-hybridized carbons (Fsp3) is 0.750. The van der Waals surface area contributed by atoms with Gasteiger partial charge in [0.15, 0.2) is 0 Å². The first-order chi connectivity index (χ1) is 3.70. The largest absolute Gasteiger partial charge is 0.433 e. The average Bonchev–Trinajstić information content (AvgIpc) is 1.85. The Morgan fingerprint density at radius 2 is 2.25 bits per heavy atom. The number of rotatable bonds is 0. The third-order valence-corrected chi connectivity index (χ3v) is 0.957. The second-order valence-corrected chi connectivity index (χ2v) is 1.65. The lowest BCUT2D eigenvalue weighted by Gasteiger charge is -2.01. The van der Waals surface area contributed by atoms with Gasteiger partial charge in [0.25, 0.3) is 0 Å². The van der Waals surface area contributed by atoms with Crippen molar-refractivity contribution in [2.24, 2.45) is 0 Å². The van der Waals surface area contributed by atoms with Crippen LogP contribution in [-0.4, -0.2) is 28.6 Å². The van der Waals surface area contributed by atoms with Crippen molar-refractivity contribution in [2.45, 2.75) is 18.8 Å². The van der Waals surface area contributed by atoms with Crippen LogP contribution in [0.25, 0.3) is 0 Å². The summed E-state index contributed by atoms with van der Waals surface area (Å²) in [6, 6.07) is 0. The number of hydrogen-bond acceptors (Lipinski definition) is 4. The highest BCUT2D eigenvalue weighted by atomic mass is 16.7. The maximum absolute atomic E-state index is 10.1. The molecular weight excluding hydrogens is 112 g/mol. The molecule has 1 fully saturated rings. The Kier molecular flexibility index (Phi) is 1.19.